The predicted molar refractivity (Wildman–Crippen MR) is 75.0 cm³/mol. The third-order valence-corrected chi connectivity index (χ3v) is 5.78. The van der Waals surface area contributed by atoms with Crippen LogP contribution in [0.15, 0.2) is 21.3 Å². The normalized spacial score (nSPS) is 13.0. The Morgan fingerprint density at radius 2 is 2.12 bits per heavy atom. The summed E-state index contributed by atoms with van der Waals surface area (Å²) in [4.78, 5) is 2.54. The van der Waals surface area contributed by atoms with Crippen molar-refractivity contribution in [2.75, 3.05) is 0 Å². The van der Waals surface area contributed by atoms with E-state index in [0.717, 1.165) is 0 Å². The van der Waals surface area contributed by atoms with Gasteiger partial charge in [0.2, 0.25) is 0 Å². The fourth-order valence-electron chi connectivity index (χ4n) is 1.59. The third-order valence-electron chi connectivity index (χ3n) is 2.49. The highest BCUT2D eigenvalue weighted by atomic mass is 79.9. The van der Waals surface area contributed by atoms with Crippen molar-refractivity contribution in [3.05, 3.63) is 42.2 Å². The van der Waals surface area contributed by atoms with E-state index in [-0.39, 0.29) is 6.04 Å². The first-order valence-electron chi connectivity index (χ1n) is 4.89. The molecule has 0 radical (unpaired) electrons. The molecule has 1 unspecified atom stereocenters. The van der Waals surface area contributed by atoms with E-state index in [0.29, 0.717) is 0 Å². The summed E-state index contributed by atoms with van der Waals surface area (Å²) in [6, 6.07) is 4.41. The van der Waals surface area contributed by atoms with Crippen LogP contribution in [0, 0.1) is 13.8 Å². The van der Waals surface area contributed by atoms with Crippen molar-refractivity contribution in [1.29, 1.82) is 0 Å². The largest absolute Gasteiger partial charge is 0.271 e. The van der Waals surface area contributed by atoms with Crippen molar-refractivity contribution in [1.82, 2.24) is 5.43 Å². The maximum atomic E-state index is 5.67. The first-order chi connectivity index (χ1) is 7.63. The average molecular weight is 317 g/mol. The van der Waals surface area contributed by atoms with Crippen LogP contribution in [0.2, 0.25) is 0 Å². The van der Waals surface area contributed by atoms with E-state index in [4.69, 9.17) is 5.84 Å². The minimum absolute atomic E-state index is 0.106. The first kappa shape index (κ1) is 12.3. The second-order valence-corrected chi connectivity index (χ2v) is 7.02. The highest BCUT2D eigenvalue weighted by Crippen LogP contribution is 2.36. The Morgan fingerprint density at radius 1 is 1.38 bits per heavy atom. The van der Waals surface area contributed by atoms with Crippen LogP contribution >= 0.6 is 38.6 Å². The number of hydrogen-bond donors (Lipinski definition) is 2. The van der Waals surface area contributed by atoms with Gasteiger partial charge in [-0.15, -0.1) is 22.7 Å². The number of thiophene rings is 2. The molecule has 2 rings (SSSR count). The predicted octanol–water partition coefficient (Wildman–Crippen LogP) is 3.74. The monoisotopic (exact) mass is 316 g/mol. The molecule has 2 aromatic heterocycles. The van der Waals surface area contributed by atoms with Gasteiger partial charge in [0.05, 0.1) is 9.83 Å². The number of hydrazine groups is 1. The Kier molecular flexibility index (Phi) is 3.81. The van der Waals surface area contributed by atoms with E-state index >= 15 is 0 Å². The summed E-state index contributed by atoms with van der Waals surface area (Å²) in [5.74, 6) is 5.67. The maximum Gasteiger partial charge on any atom is 0.0897 e. The quantitative estimate of drug-likeness (QED) is 0.668. The molecule has 0 fully saturated rings. The van der Waals surface area contributed by atoms with Gasteiger partial charge in [-0.1, -0.05) is 0 Å². The fraction of sp³-hybridized carbons (Fsp3) is 0.273. The Balaban J connectivity index is 2.40. The lowest BCUT2D eigenvalue weighted by atomic mass is 10.1. The molecule has 0 aliphatic heterocycles. The lowest BCUT2D eigenvalue weighted by Gasteiger charge is -2.13. The standard InChI is InChI=1S/C11H13BrN2S2/c1-6-3-4-15-10(6)9(14-13)8-5-7(2)11(12)16-8/h3-5,9,14H,13H2,1-2H3. The summed E-state index contributed by atoms with van der Waals surface area (Å²) >= 11 is 7.02. The van der Waals surface area contributed by atoms with Crippen LogP contribution in [0.5, 0.6) is 0 Å². The van der Waals surface area contributed by atoms with Gasteiger partial charge in [-0.3, -0.25) is 5.84 Å². The van der Waals surface area contributed by atoms with Crippen LogP contribution in [0.25, 0.3) is 0 Å². The molecule has 0 bridgehead atoms. The Hall–Kier alpha value is -0.200. The first-order valence-corrected chi connectivity index (χ1v) is 7.38. The summed E-state index contributed by atoms with van der Waals surface area (Å²) in [5.41, 5.74) is 5.45. The minimum atomic E-state index is 0.106. The van der Waals surface area contributed by atoms with Gasteiger partial charge in [0, 0.05) is 9.75 Å². The van der Waals surface area contributed by atoms with E-state index in [9.17, 15) is 0 Å². The van der Waals surface area contributed by atoms with E-state index in [1.807, 2.05) is 0 Å². The van der Waals surface area contributed by atoms with Gasteiger partial charge >= 0.3 is 0 Å². The molecule has 2 heterocycles. The molecule has 1 atom stereocenters. The Bertz CT molecular complexity index is 470. The minimum Gasteiger partial charge on any atom is -0.271 e. The van der Waals surface area contributed by atoms with Crippen LogP contribution in [-0.2, 0) is 0 Å². The zero-order valence-electron chi connectivity index (χ0n) is 9.08. The highest BCUT2D eigenvalue weighted by Gasteiger charge is 2.18. The maximum absolute atomic E-state index is 5.67. The number of nitrogens with one attached hydrogen (secondary N) is 1. The molecule has 3 N–H and O–H groups in total. The molecular weight excluding hydrogens is 304 g/mol. The molecule has 0 saturated carbocycles. The number of nitrogens with two attached hydrogens (primary N) is 1. The number of halogens is 1. The van der Waals surface area contributed by atoms with Crippen LogP contribution in [0.3, 0.4) is 0 Å². The van der Waals surface area contributed by atoms with Crippen LogP contribution < -0.4 is 11.3 Å². The van der Waals surface area contributed by atoms with Gasteiger partial charge in [-0.25, -0.2) is 5.43 Å². The van der Waals surface area contributed by atoms with Gasteiger partial charge < -0.3 is 0 Å². The Morgan fingerprint density at radius 3 is 2.56 bits per heavy atom. The fourth-order valence-corrected chi connectivity index (χ4v) is 4.31. The summed E-state index contributed by atoms with van der Waals surface area (Å²) in [6.07, 6.45) is 0. The lowest BCUT2D eigenvalue weighted by Crippen LogP contribution is -2.28. The molecular formula is C11H13BrN2S2. The van der Waals surface area contributed by atoms with Crippen molar-refractivity contribution in [2.45, 2.75) is 19.9 Å². The molecule has 2 aromatic rings. The zero-order valence-corrected chi connectivity index (χ0v) is 12.3. The van der Waals surface area contributed by atoms with Gasteiger partial charge in [0.1, 0.15) is 0 Å². The lowest BCUT2D eigenvalue weighted by molar-refractivity contribution is 0.653. The molecule has 0 spiro atoms. The van der Waals surface area contributed by atoms with Gasteiger partial charge in [-0.05, 0) is 58.4 Å². The summed E-state index contributed by atoms with van der Waals surface area (Å²) in [7, 11) is 0. The van der Waals surface area contributed by atoms with Crippen molar-refractivity contribution in [3.8, 4) is 0 Å². The molecule has 0 aliphatic carbocycles. The molecule has 0 aromatic carbocycles. The summed E-state index contributed by atoms with van der Waals surface area (Å²) in [6.45, 7) is 4.21. The summed E-state index contributed by atoms with van der Waals surface area (Å²) in [5, 5.41) is 2.10. The van der Waals surface area contributed by atoms with Crippen molar-refractivity contribution in [2.24, 2.45) is 5.84 Å². The van der Waals surface area contributed by atoms with E-state index in [1.54, 1.807) is 22.7 Å². The Labute approximate surface area is 112 Å². The van der Waals surface area contributed by atoms with Crippen LogP contribution in [-0.4, -0.2) is 0 Å². The smallest absolute Gasteiger partial charge is 0.0897 e. The second kappa shape index (κ2) is 4.98. The second-order valence-electron chi connectivity index (χ2n) is 3.67. The molecule has 16 heavy (non-hydrogen) atoms. The van der Waals surface area contributed by atoms with E-state index < -0.39 is 0 Å². The third kappa shape index (κ3) is 2.24. The topological polar surface area (TPSA) is 38.0 Å². The zero-order chi connectivity index (χ0) is 11.7. The van der Waals surface area contributed by atoms with Crippen LogP contribution in [0.1, 0.15) is 26.9 Å². The SMILES string of the molecule is Cc1cc(C(NN)c2sccc2C)sc1Br. The van der Waals surface area contributed by atoms with Gasteiger partial charge in [-0.2, -0.15) is 0 Å². The van der Waals surface area contributed by atoms with Gasteiger partial charge in [0.25, 0.3) is 0 Å². The molecule has 86 valence electrons. The number of rotatable bonds is 3. The molecule has 0 amide bonds. The van der Waals surface area contributed by atoms with Crippen molar-refractivity contribution in [3.63, 3.8) is 0 Å². The van der Waals surface area contributed by atoms with Crippen LogP contribution in [0.4, 0.5) is 0 Å². The highest BCUT2D eigenvalue weighted by molar-refractivity contribution is 9.11. The molecule has 0 aliphatic rings. The molecule has 0 saturated heterocycles. The van der Waals surface area contributed by atoms with E-state index in [2.05, 4.69) is 52.7 Å². The molecule has 2 nitrogen and oxygen atoms in total. The van der Waals surface area contributed by atoms with Gasteiger partial charge in [0.15, 0.2) is 0 Å². The number of aryl methyl sites for hydroxylation is 2. The van der Waals surface area contributed by atoms with Crippen molar-refractivity contribution < 1.29 is 0 Å². The molecule has 5 heteroatoms. The summed E-state index contributed by atoms with van der Waals surface area (Å²) < 4.78 is 1.18. The van der Waals surface area contributed by atoms with Crippen molar-refractivity contribution >= 4 is 38.6 Å². The average Bonchev–Trinajstić information content (AvgIpc) is 2.78. The number of hydrogen-bond acceptors (Lipinski definition) is 4. The van der Waals surface area contributed by atoms with E-state index in [1.165, 1.54) is 24.7 Å².